The summed E-state index contributed by atoms with van der Waals surface area (Å²) in [6.07, 6.45) is 4.57. The minimum atomic E-state index is -0.207. The van der Waals surface area contributed by atoms with Crippen LogP contribution in [0.2, 0.25) is 0 Å². The Balaban J connectivity index is 1.75. The van der Waals surface area contributed by atoms with Gasteiger partial charge in [-0.05, 0) is 72.6 Å². The van der Waals surface area contributed by atoms with Crippen molar-refractivity contribution in [3.63, 3.8) is 0 Å². The van der Waals surface area contributed by atoms with Crippen LogP contribution >= 0.6 is 0 Å². The smallest absolute Gasteiger partial charge is 0.123 e. The van der Waals surface area contributed by atoms with E-state index in [4.69, 9.17) is 0 Å². The number of aromatic nitrogens is 2. The molecule has 0 amide bonds. The highest BCUT2D eigenvalue weighted by Crippen LogP contribution is 2.44. The number of nitriles is 1. The Morgan fingerprint density at radius 1 is 1.23 bits per heavy atom. The van der Waals surface area contributed by atoms with Gasteiger partial charge in [0.05, 0.1) is 11.6 Å². The SMILES string of the molecule is Cc1cnc(C[C@@H]2c3ccc(C#N)cc3CC[C@@H]2c2ccc(F)cc2)[nH]1. The van der Waals surface area contributed by atoms with E-state index in [0.29, 0.717) is 11.5 Å². The number of aromatic amines is 1. The topological polar surface area (TPSA) is 52.5 Å². The lowest BCUT2D eigenvalue weighted by atomic mass is 9.70. The molecule has 0 radical (unpaired) electrons. The van der Waals surface area contributed by atoms with Gasteiger partial charge in [-0.3, -0.25) is 0 Å². The van der Waals surface area contributed by atoms with Crippen molar-refractivity contribution >= 4 is 0 Å². The highest BCUT2D eigenvalue weighted by atomic mass is 19.1. The third-order valence-electron chi connectivity index (χ3n) is 5.35. The second kappa shape index (κ2) is 6.76. The molecule has 2 atom stereocenters. The lowest BCUT2D eigenvalue weighted by molar-refractivity contribution is 0.464. The van der Waals surface area contributed by atoms with Gasteiger partial charge in [0.1, 0.15) is 11.6 Å². The van der Waals surface area contributed by atoms with Crippen LogP contribution in [-0.4, -0.2) is 9.97 Å². The minimum Gasteiger partial charge on any atom is -0.346 e. The summed E-state index contributed by atoms with van der Waals surface area (Å²) >= 11 is 0. The van der Waals surface area contributed by atoms with Crippen LogP contribution in [0.15, 0.2) is 48.7 Å². The largest absolute Gasteiger partial charge is 0.346 e. The molecular weight excluding hydrogens is 325 g/mol. The van der Waals surface area contributed by atoms with E-state index < -0.39 is 0 Å². The van der Waals surface area contributed by atoms with Crippen molar-refractivity contribution in [1.29, 1.82) is 5.26 Å². The maximum absolute atomic E-state index is 13.4. The fourth-order valence-electron chi connectivity index (χ4n) is 4.12. The second-order valence-corrected chi connectivity index (χ2v) is 7.05. The summed E-state index contributed by atoms with van der Waals surface area (Å²) in [7, 11) is 0. The summed E-state index contributed by atoms with van der Waals surface area (Å²) in [4.78, 5) is 7.83. The van der Waals surface area contributed by atoms with Gasteiger partial charge in [-0.25, -0.2) is 9.37 Å². The van der Waals surface area contributed by atoms with Gasteiger partial charge < -0.3 is 4.98 Å². The molecule has 3 aromatic rings. The number of nitrogens with zero attached hydrogens (tertiary/aromatic N) is 2. The van der Waals surface area contributed by atoms with E-state index >= 15 is 0 Å². The second-order valence-electron chi connectivity index (χ2n) is 7.05. The first-order valence-electron chi connectivity index (χ1n) is 8.93. The molecule has 4 rings (SSSR count). The normalized spacial score (nSPS) is 19.0. The maximum Gasteiger partial charge on any atom is 0.123 e. The molecular formula is C22H20FN3. The van der Waals surface area contributed by atoms with Crippen LogP contribution in [0.1, 0.15) is 52.0 Å². The molecule has 26 heavy (non-hydrogen) atoms. The van der Waals surface area contributed by atoms with E-state index in [2.05, 4.69) is 22.1 Å². The molecule has 0 unspecified atom stereocenters. The fourth-order valence-corrected chi connectivity index (χ4v) is 4.12. The van der Waals surface area contributed by atoms with E-state index in [1.807, 2.05) is 37.4 Å². The van der Waals surface area contributed by atoms with E-state index in [1.54, 1.807) is 0 Å². The van der Waals surface area contributed by atoms with Crippen molar-refractivity contribution in [2.45, 2.75) is 38.0 Å². The zero-order chi connectivity index (χ0) is 18.1. The highest BCUT2D eigenvalue weighted by Gasteiger charge is 2.31. The van der Waals surface area contributed by atoms with Gasteiger partial charge in [0, 0.05) is 18.3 Å². The Labute approximate surface area is 152 Å². The van der Waals surface area contributed by atoms with E-state index in [0.717, 1.165) is 36.3 Å². The van der Waals surface area contributed by atoms with Crippen molar-refractivity contribution in [3.8, 4) is 6.07 Å². The van der Waals surface area contributed by atoms with Crippen LogP contribution in [0.5, 0.6) is 0 Å². The summed E-state index contributed by atoms with van der Waals surface area (Å²) in [5.74, 6) is 1.32. The Kier molecular flexibility index (Phi) is 4.30. The van der Waals surface area contributed by atoms with Crippen molar-refractivity contribution in [2.75, 3.05) is 0 Å². The number of aryl methyl sites for hydroxylation is 2. The van der Waals surface area contributed by atoms with Gasteiger partial charge in [-0.15, -0.1) is 0 Å². The van der Waals surface area contributed by atoms with Crippen LogP contribution in [0.3, 0.4) is 0 Å². The molecule has 3 nitrogen and oxygen atoms in total. The molecule has 0 saturated heterocycles. The number of H-pyrrole nitrogens is 1. The average molecular weight is 345 g/mol. The molecule has 130 valence electrons. The molecule has 0 saturated carbocycles. The molecule has 1 aliphatic carbocycles. The van der Waals surface area contributed by atoms with Crippen LogP contribution in [0.4, 0.5) is 4.39 Å². The Bertz CT molecular complexity index is 966. The van der Waals surface area contributed by atoms with Crippen LogP contribution < -0.4 is 0 Å². The van der Waals surface area contributed by atoms with Crippen LogP contribution in [0.25, 0.3) is 0 Å². The number of hydrogen-bond donors (Lipinski definition) is 1. The van der Waals surface area contributed by atoms with Gasteiger partial charge >= 0.3 is 0 Å². The maximum atomic E-state index is 13.4. The van der Waals surface area contributed by atoms with Crippen molar-refractivity contribution in [1.82, 2.24) is 9.97 Å². The predicted molar refractivity (Wildman–Crippen MR) is 98.4 cm³/mol. The molecule has 0 bridgehead atoms. The van der Waals surface area contributed by atoms with Gasteiger partial charge in [-0.1, -0.05) is 18.2 Å². The van der Waals surface area contributed by atoms with Gasteiger partial charge in [0.25, 0.3) is 0 Å². The third kappa shape index (κ3) is 3.13. The van der Waals surface area contributed by atoms with Crippen molar-refractivity contribution in [2.24, 2.45) is 0 Å². The fraction of sp³-hybridized carbons (Fsp3) is 0.273. The molecule has 0 aliphatic heterocycles. The number of nitrogens with one attached hydrogen (secondary N) is 1. The predicted octanol–water partition coefficient (Wildman–Crippen LogP) is 4.79. The summed E-state index contributed by atoms with van der Waals surface area (Å²) < 4.78 is 13.4. The molecule has 0 spiro atoms. The van der Waals surface area contributed by atoms with Crippen LogP contribution in [0, 0.1) is 24.1 Å². The van der Waals surface area contributed by atoms with E-state index in [9.17, 15) is 9.65 Å². The number of fused-ring (bicyclic) bond motifs is 1. The lowest BCUT2D eigenvalue weighted by Crippen LogP contribution is -2.22. The monoisotopic (exact) mass is 345 g/mol. The number of imidazole rings is 1. The Morgan fingerprint density at radius 2 is 2.04 bits per heavy atom. The Hall–Kier alpha value is -2.93. The van der Waals surface area contributed by atoms with E-state index in [1.165, 1.54) is 23.3 Å². The summed E-state index contributed by atoms with van der Waals surface area (Å²) in [5.41, 5.74) is 5.44. The summed E-state index contributed by atoms with van der Waals surface area (Å²) in [6.45, 7) is 2.00. The number of halogens is 1. The van der Waals surface area contributed by atoms with Crippen LogP contribution in [-0.2, 0) is 12.8 Å². The third-order valence-corrected chi connectivity index (χ3v) is 5.35. The van der Waals surface area contributed by atoms with Crippen molar-refractivity contribution < 1.29 is 4.39 Å². The molecule has 1 heterocycles. The minimum absolute atomic E-state index is 0.207. The molecule has 4 heteroatoms. The van der Waals surface area contributed by atoms with Gasteiger partial charge in [0.2, 0.25) is 0 Å². The number of rotatable bonds is 3. The quantitative estimate of drug-likeness (QED) is 0.742. The average Bonchev–Trinajstić information content (AvgIpc) is 3.07. The lowest BCUT2D eigenvalue weighted by Gasteiger charge is -2.34. The zero-order valence-corrected chi connectivity index (χ0v) is 14.7. The molecule has 0 fully saturated rings. The Morgan fingerprint density at radius 3 is 2.73 bits per heavy atom. The molecule has 2 aromatic carbocycles. The van der Waals surface area contributed by atoms with Crippen molar-refractivity contribution in [3.05, 3.63) is 88.3 Å². The molecule has 1 aliphatic rings. The van der Waals surface area contributed by atoms with E-state index in [-0.39, 0.29) is 11.7 Å². The first-order valence-corrected chi connectivity index (χ1v) is 8.93. The number of benzene rings is 2. The van der Waals surface area contributed by atoms with Gasteiger partial charge in [0.15, 0.2) is 0 Å². The first kappa shape index (κ1) is 16.5. The summed E-state index contributed by atoms with van der Waals surface area (Å²) in [6, 6.07) is 15.1. The molecule has 1 aromatic heterocycles. The van der Waals surface area contributed by atoms with Gasteiger partial charge in [-0.2, -0.15) is 5.26 Å². The zero-order valence-electron chi connectivity index (χ0n) is 14.7. The number of hydrogen-bond acceptors (Lipinski definition) is 2. The summed E-state index contributed by atoms with van der Waals surface area (Å²) in [5, 5.41) is 9.20. The first-order chi connectivity index (χ1) is 12.6. The molecule has 1 N–H and O–H groups in total. The highest BCUT2D eigenvalue weighted by molar-refractivity contribution is 5.44. The standard InChI is InChI=1S/C22H20FN3/c1-14-13-25-22(26-14)11-21-19(16-3-6-18(23)7-4-16)9-5-17-10-15(12-24)2-8-20(17)21/h2-4,6-8,10,13,19,21H,5,9,11H2,1H3,(H,25,26)/t19-,21+/m1/s1.